The Morgan fingerprint density at radius 3 is 2.36 bits per heavy atom. The number of hydrogen-bond acceptors (Lipinski definition) is 4. The van der Waals surface area contributed by atoms with Crippen LogP contribution in [0.3, 0.4) is 0 Å². The van der Waals surface area contributed by atoms with E-state index in [9.17, 15) is 9.59 Å². The van der Waals surface area contributed by atoms with Crippen molar-refractivity contribution in [3.05, 3.63) is 58.5 Å². The molecule has 0 aliphatic carbocycles. The summed E-state index contributed by atoms with van der Waals surface area (Å²) in [5.74, 6) is 0.210. The minimum atomic E-state index is -0.490. The highest BCUT2D eigenvalue weighted by atomic mass is 35.5. The van der Waals surface area contributed by atoms with Crippen molar-refractivity contribution in [3.63, 3.8) is 0 Å². The smallest absolute Gasteiger partial charge is 0.270 e. The van der Waals surface area contributed by atoms with Gasteiger partial charge in [-0.15, -0.1) is 0 Å². The van der Waals surface area contributed by atoms with Crippen molar-refractivity contribution in [1.82, 2.24) is 4.90 Å². The number of hydrogen-bond donors (Lipinski definition) is 0. The average Bonchev–Trinajstić information content (AvgIpc) is 2.99. The van der Waals surface area contributed by atoms with Crippen LogP contribution in [0, 0.1) is 6.92 Å². The molecule has 2 amide bonds. The molecule has 0 saturated carbocycles. The van der Waals surface area contributed by atoms with Gasteiger partial charge in [0.05, 0.1) is 5.69 Å². The lowest BCUT2D eigenvalue weighted by Gasteiger charge is -2.35. The van der Waals surface area contributed by atoms with Crippen molar-refractivity contribution in [2.45, 2.75) is 13.8 Å². The largest absolute Gasteiger partial charge is 0.462 e. The second-order valence-electron chi connectivity index (χ2n) is 5.46. The number of halogens is 1. The minimum absolute atomic E-state index is 0.000231. The van der Waals surface area contributed by atoms with E-state index >= 15 is 0 Å². The molecular formula is C18H15ClN2O3S. The van der Waals surface area contributed by atoms with Gasteiger partial charge in [-0.3, -0.25) is 19.4 Å². The fourth-order valence-corrected chi connectivity index (χ4v) is 3.07. The molecule has 128 valence electrons. The first kappa shape index (κ1) is 17.4. The Bertz CT molecular complexity index is 886. The maximum atomic E-state index is 13.0. The average molecular weight is 375 g/mol. The molecule has 25 heavy (non-hydrogen) atoms. The number of carbonyl (C=O) groups excluding carboxylic acids is 2. The van der Waals surface area contributed by atoms with Crippen LogP contribution in [0.4, 0.5) is 5.69 Å². The molecule has 2 aromatic rings. The fourth-order valence-electron chi connectivity index (χ4n) is 2.55. The van der Waals surface area contributed by atoms with Gasteiger partial charge in [0.25, 0.3) is 11.8 Å². The van der Waals surface area contributed by atoms with Crippen molar-refractivity contribution in [2.24, 2.45) is 0 Å². The standard InChI is InChI=1S/C18H15ClN2O3S/c1-3-20-16(22)15(10-14-9-4-11(2)24-14)17(23)21(18(20)25)13-7-5-12(19)6-8-13/h4-10H,3H2,1-2H3/b15-10+. The molecular weight excluding hydrogens is 360 g/mol. The van der Waals surface area contributed by atoms with Gasteiger partial charge in [-0.05, 0) is 68.5 Å². The number of nitrogens with zero attached hydrogens (tertiary/aromatic N) is 2. The molecule has 1 aromatic heterocycles. The Kier molecular flexibility index (Phi) is 4.74. The number of likely N-dealkylation sites (N-methyl/N-ethyl adjacent to an activating group) is 1. The minimum Gasteiger partial charge on any atom is -0.462 e. The first-order valence-electron chi connectivity index (χ1n) is 7.66. The van der Waals surface area contributed by atoms with Crippen molar-refractivity contribution < 1.29 is 14.0 Å². The van der Waals surface area contributed by atoms with Crippen LogP contribution in [-0.2, 0) is 9.59 Å². The monoisotopic (exact) mass is 374 g/mol. The van der Waals surface area contributed by atoms with Crippen LogP contribution in [0.15, 0.2) is 46.4 Å². The molecule has 0 spiro atoms. The second kappa shape index (κ2) is 6.82. The molecule has 0 N–H and O–H groups in total. The van der Waals surface area contributed by atoms with Crippen LogP contribution >= 0.6 is 23.8 Å². The predicted molar refractivity (Wildman–Crippen MR) is 100 cm³/mol. The summed E-state index contributed by atoms with van der Waals surface area (Å²) < 4.78 is 5.47. The number of furan rings is 1. The molecule has 1 fully saturated rings. The quantitative estimate of drug-likeness (QED) is 0.466. The lowest BCUT2D eigenvalue weighted by molar-refractivity contribution is -0.127. The van der Waals surface area contributed by atoms with Gasteiger partial charge in [0.2, 0.25) is 0 Å². The second-order valence-corrected chi connectivity index (χ2v) is 6.26. The van der Waals surface area contributed by atoms with E-state index in [1.165, 1.54) is 15.9 Å². The number of thiocarbonyl (C=S) groups is 1. The Balaban J connectivity index is 2.08. The Morgan fingerprint density at radius 2 is 1.80 bits per heavy atom. The first-order valence-corrected chi connectivity index (χ1v) is 8.45. The zero-order valence-corrected chi connectivity index (χ0v) is 15.2. The van der Waals surface area contributed by atoms with E-state index < -0.39 is 11.8 Å². The van der Waals surface area contributed by atoms with Crippen molar-refractivity contribution in [3.8, 4) is 0 Å². The molecule has 1 aromatic carbocycles. The maximum Gasteiger partial charge on any atom is 0.270 e. The molecule has 0 atom stereocenters. The first-order chi connectivity index (χ1) is 11.9. The molecule has 3 rings (SSSR count). The van der Waals surface area contributed by atoms with E-state index in [1.807, 2.05) is 0 Å². The molecule has 0 radical (unpaired) electrons. The van der Waals surface area contributed by atoms with Crippen molar-refractivity contribution in [1.29, 1.82) is 0 Å². The van der Waals surface area contributed by atoms with Crippen LogP contribution < -0.4 is 4.90 Å². The van der Waals surface area contributed by atoms with Gasteiger partial charge in [-0.25, -0.2) is 0 Å². The predicted octanol–water partition coefficient (Wildman–Crippen LogP) is 3.81. The van der Waals surface area contributed by atoms with Gasteiger partial charge in [0.15, 0.2) is 5.11 Å². The molecule has 0 bridgehead atoms. The summed E-state index contributed by atoms with van der Waals surface area (Å²) in [5.41, 5.74) is 0.548. The molecule has 1 aliphatic rings. The highest BCUT2D eigenvalue weighted by Crippen LogP contribution is 2.27. The van der Waals surface area contributed by atoms with Crippen LogP contribution in [0.1, 0.15) is 18.4 Å². The molecule has 0 unspecified atom stereocenters. The summed E-state index contributed by atoms with van der Waals surface area (Å²) >= 11 is 11.3. The zero-order chi connectivity index (χ0) is 18.1. The van der Waals surface area contributed by atoms with Gasteiger partial charge < -0.3 is 4.42 Å². The van der Waals surface area contributed by atoms with E-state index in [1.54, 1.807) is 50.2 Å². The van der Waals surface area contributed by atoms with Gasteiger partial charge >= 0.3 is 0 Å². The number of amides is 2. The van der Waals surface area contributed by atoms with Gasteiger partial charge in [0.1, 0.15) is 17.1 Å². The number of anilines is 1. The summed E-state index contributed by atoms with van der Waals surface area (Å²) in [4.78, 5) is 28.3. The Labute approximate surface area is 155 Å². The normalized spacial score (nSPS) is 16.9. The van der Waals surface area contributed by atoms with Crippen LogP contribution in [0.2, 0.25) is 5.02 Å². The van der Waals surface area contributed by atoms with Gasteiger partial charge in [-0.1, -0.05) is 11.6 Å². The SMILES string of the molecule is CCN1C(=O)/C(=C\c2ccc(C)o2)C(=O)N(c2ccc(Cl)cc2)C1=S. The van der Waals surface area contributed by atoms with E-state index in [4.69, 9.17) is 28.2 Å². The van der Waals surface area contributed by atoms with Crippen molar-refractivity contribution in [2.75, 3.05) is 11.4 Å². The third-order valence-corrected chi connectivity index (χ3v) is 4.43. The molecule has 7 heteroatoms. The number of carbonyl (C=O) groups is 2. The lowest BCUT2D eigenvalue weighted by Crippen LogP contribution is -2.56. The highest BCUT2D eigenvalue weighted by molar-refractivity contribution is 7.80. The lowest BCUT2D eigenvalue weighted by atomic mass is 10.1. The Hall–Kier alpha value is -2.44. The van der Waals surface area contributed by atoms with E-state index in [0.717, 1.165) is 0 Å². The third-order valence-electron chi connectivity index (χ3n) is 3.78. The number of aryl methyl sites for hydroxylation is 1. The zero-order valence-electron chi connectivity index (χ0n) is 13.7. The van der Waals surface area contributed by atoms with Crippen molar-refractivity contribution >= 4 is 52.5 Å². The molecule has 2 heterocycles. The van der Waals surface area contributed by atoms with E-state index in [2.05, 4.69) is 0 Å². The molecule has 1 saturated heterocycles. The highest BCUT2D eigenvalue weighted by Gasteiger charge is 2.39. The molecule has 5 nitrogen and oxygen atoms in total. The topological polar surface area (TPSA) is 53.8 Å². The van der Waals surface area contributed by atoms with Gasteiger partial charge in [0, 0.05) is 11.6 Å². The van der Waals surface area contributed by atoms with E-state index in [0.29, 0.717) is 28.8 Å². The van der Waals surface area contributed by atoms with Gasteiger partial charge in [-0.2, -0.15) is 0 Å². The summed E-state index contributed by atoms with van der Waals surface area (Å²) in [7, 11) is 0. The van der Waals surface area contributed by atoms with Crippen LogP contribution in [0.5, 0.6) is 0 Å². The number of rotatable bonds is 3. The maximum absolute atomic E-state index is 13.0. The fraction of sp³-hybridized carbons (Fsp3) is 0.167. The van der Waals surface area contributed by atoms with E-state index in [-0.39, 0.29) is 10.7 Å². The summed E-state index contributed by atoms with van der Waals surface area (Å²) in [6, 6.07) is 10.2. The summed E-state index contributed by atoms with van der Waals surface area (Å²) in [6.07, 6.45) is 1.45. The third kappa shape index (κ3) is 3.23. The summed E-state index contributed by atoms with van der Waals surface area (Å²) in [5, 5.41) is 0.692. The Morgan fingerprint density at radius 1 is 1.12 bits per heavy atom. The summed E-state index contributed by atoms with van der Waals surface area (Å²) in [6.45, 7) is 3.94. The van der Waals surface area contributed by atoms with Crippen LogP contribution in [0.25, 0.3) is 6.08 Å². The number of benzene rings is 1. The van der Waals surface area contributed by atoms with Crippen LogP contribution in [-0.4, -0.2) is 28.4 Å². The molecule has 1 aliphatic heterocycles.